The standard InChI is InChI=1S/C10H21NO/c1-3-9(5-4-8-12)10-6-7-11(10)2/h9-10,12H,3-8H2,1-2H3. The molecule has 0 amide bonds. The molecule has 2 nitrogen and oxygen atoms in total. The lowest BCUT2D eigenvalue weighted by molar-refractivity contribution is 0.0635. The summed E-state index contributed by atoms with van der Waals surface area (Å²) in [5.74, 6) is 0.816. The van der Waals surface area contributed by atoms with Crippen molar-refractivity contribution < 1.29 is 5.11 Å². The molecule has 1 aliphatic heterocycles. The van der Waals surface area contributed by atoms with Crippen LogP contribution < -0.4 is 0 Å². The zero-order valence-electron chi connectivity index (χ0n) is 8.29. The van der Waals surface area contributed by atoms with Gasteiger partial charge in [0.2, 0.25) is 0 Å². The van der Waals surface area contributed by atoms with Crippen molar-refractivity contribution in [2.45, 2.75) is 38.6 Å². The normalized spacial score (nSPS) is 26.8. The van der Waals surface area contributed by atoms with Crippen molar-refractivity contribution >= 4 is 0 Å². The van der Waals surface area contributed by atoms with Gasteiger partial charge in [0.05, 0.1) is 0 Å². The molecule has 0 bridgehead atoms. The first kappa shape index (κ1) is 10.0. The van der Waals surface area contributed by atoms with Gasteiger partial charge in [-0.3, -0.25) is 0 Å². The second-order valence-corrected chi connectivity index (χ2v) is 3.87. The summed E-state index contributed by atoms with van der Waals surface area (Å²) in [6.07, 6.45) is 4.79. The second kappa shape index (κ2) is 4.83. The van der Waals surface area contributed by atoms with E-state index >= 15 is 0 Å². The van der Waals surface area contributed by atoms with Gasteiger partial charge in [0.15, 0.2) is 0 Å². The van der Waals surface area contributed by atoms with Gasteiger partial charge in [-0.2, -0.15) is 0 Å². The van der Waals surface area contributed by atoms with Crippen LogP contribution in [0.4, 0.5) is 0 Å². The highest BCUT2D eigenvalue weighted by molar-refractivity contribution is 4.85. The van der Waals surface area contributed by atoms with Crippen molar-refractivity contribution in [3.05, 3.63) is 0 Å². The van der Waals surface area contributed by atoms with E-state index in [1.807, 2.05) is 0 Å². The van der Waals surface area contributed by atoms with E-state index in [4.69, 9.17) is 5.11 Å². The molecule has 2 heteroatoms. The Labute approximate surface area is 75.6 Å². The topological polar surface area (TPSA) is 23.5 Å². The highest BCUT2D eigenvalue weighted by Gasteiger charge is 2.30. The average molecular weight is 171 g/mol. The fourth-order valence-corrected chi connectivity index (χ4v) is 2.15. The summed E-state index contributed by atoms with van der Waals surface area (Å²) in [7, 11) is 2.20. The summed E-state index contributed by atoms with van der Waals surface area (Å²) in [5.41, 5.74) is 0. The van der Waals surface area contributed by atoms with Crippen molar-refractivity contribution in [1.29, 1.82) is 0 Å². The lowest BCUT2D eigenvalue weighted by Crippen LogP contribution is -2.49. The molecule has 0 spiro atoms. The monoisotopic (exact) mass is 171 g/mol. The van der Waals surface area contributed by atoms with Gasteiger partial charge in [0, 0.05) is 12.6 Å². The van der Waals surface area contributed by atoms with E-state index in [0.29, 0.717) is 6.61 Å². The van der Waals surface area contributed by atoms with Crippen LogP contribution in [0, 0.1) is 5.92 Å². The molecule has 1 rings (SSSR count). The molecule has 0 radical (unpaired) electrons. The maximum absolute atomic E-state index is 8.74. The van der Waals surface area contributed by atoms with Gasteiger partial charge in [-0.25, -0.2) is 0 Å². The summed E-state index contributed by atoms with van der Waals surface area (Å²) in [5, 5.41) is 8.74. The lowest BCUT2D eigenvalue weighted by Gasteiger charge is -2.43. The summed E-state index contributed by atoms with van der Waals surface area (Å²) in [6.45, 7) is 3.88. The minimum absolute atomic E-state index is 0.354. The minimum atomic E-state index is 0.354. The van der Waals surface area contributed by atoms with E-state index in [1.54, 1.807) is 0 Å². The van der Waals surface area contributed by atoms with Crippen molar-refractivity contribution in [3.63, 3.8) is 0 Å². The summed E-state index contributed by atoms with van der Waals surface area (Å²) >= 11 is 0. The predicted molar refractivity (Wildman–Crippen MR) is 51.1 cm³/mol. The molecule has 0 aromatic carbocycles. The molecule has 2 unspecified atom stereocenters. The first-order chi connectivity index (χ1) is 5.79. The third kappa shape index (κ3) is 2.20. The van der Waals surface area contributed by atoms with Gasteiger partial charge in [-0.05, 0) is 38.8 Å². The molecule has 1 fully saturated rings. The molecule has 2 atom stereocenters. The van der Waals surface area contributed by atoms with E-state index in [1.165, 1.54) is 25.8 Å². The Balaban J connectivity index is 2.24. The highest BCUT2D eigenvalue weighted by atomic mass is 16.2. The summed E-state index contributed by atoms with van der Waals surface area (Å²) in [6, 6.07) is 0.807. The molecule has 0 aromatic rings. The van der Waals surface area contributed by atoms with E-state index in [0.717, 1.165) is 18.4 Å². The lowest BCUT2D eigenvalue weighted by atomic mass is 9.85. The molecule has 0 aliphatic carbocycles. The van der Waals surface area contributed by atoms with Crippen LogP contribution in [0.2, 0.25) is 0 Å². The fourth-order valence-electron chi connectivity index (χ4n) is 2.15. The number of rotatable bonds is 5. The van der Waals surface area contributed by atoms with Crippen molar-refractivity contribution in [2.24, 2.45) is 5.92 Å². The van der Waals surface area contributed by atoms with Crippen LogP contribution in [-0.4, -0.2) is 36.2 Å². The Hall–Kier alpha value is -0.0800. The van der Waals surface area contributed by atoms with Crippen LogP contribution >= 0.6 is 0 Å². The molecule has 0 saturated carbocycles. The molecule has 1 saturated heterocycles. The molecule has 1 aliphatic rings. The third-order valence-electron chi connectivity index (χ3n) is 3.15. The third-order valence-corrected chi connectivity index (χ3v) is 3.15. The Morgan fingerprint density at radius 3 is 2.67 bits per heavy atom. The van der Waals surface area contributed by atoms with E-state index in [9.17, 15) is 0 Å². The van der Waals surface area contributed by atoms with Gasteiger partial charge in [0.25, 0.3) is 0 Å². The van der Waals surface area contributed by atoms with Gasteiger partial charge in [0.1, 0.15) is 0 Å². The number of likely N-dealkylation sites (tertiary alicyclic amines) is 1. The predicted octanol–water partition coefficient (Wildman–Crippen LogP) is 1.49. The molecule has 72 valence electrons. The van der Waals surface area contributed by atoms with Crippen LogP contribution in [0.1, 0.15) is 32.6 Å². The Kier molecular flexibility index (Phi) is 4.02. The van der Waals surface area contributed by atoms with E-state index in [2.05, 4.69) is 18.9 Å². The van der Waals surface area contributed by atoms with E-state index < -0.39 is 0 Å². The van der Waals surface area contributed by atoms with Crippen molar-refractivity contribution in [1.82, 2.24) is 4.90 Å². The molecular formula is C10H21NO. The Bertz CT molecular complexity index is 127. The second-order valence-electron chi connectivity index (χ2n) is 3.87. The van der Waals surface area contributed by atoms with E-state index in [-0.39, 0.29) is 0 Å². The maximum atomic E-state index is 8.74. The largest absolute Gasteiger partial charge is 0.396 e. The summed E-state index contributed by atoms with van der Waals surface area (Å²) < 4.78 is 0. The SMILES string of the molecule is CCC(CCCO)C1CCN1C. The van der Waals surface area contributed by atoms with Crippen molar-refractivity contribution in [3.8, 4) is 0 Å². The van der Waals surface area contributed by atoms with Crippen molar-refractivity contribution in [2.75, 3.05) is 20.2 Å². The maximum Gasteiger partial charge on any atom is 0.0431 e. The van der Waals surface area contributed by atoms with Crippen LogP contribution in [0.5, 0.6) is 0 Å². The Morgan fingerprint density at radius 2 is 2.33 bits per heavy atom. The van der Waals surface area contributed by atoms with Gasteiger partial charge in [-0.15, -0.1) is 0 Å². The zero-order valence-corrected chi connectivity index (χ0v) is 8.29. The number of aliphatic hydroxyl groups excluding tert-OH is 1. The number of hydrogen-bond acceptors (Lipinski definition) is 2. The quantitative estimate of drug-likeness (QED) is 0.677. The first-order valence-electron chi connectivity index (χ1n) is 5.10. The molecule has 0 aromatic heterocycles. The van der Waals surface area contributed by atoms with Gasteiger partial charge < -0.3 is 10.0 Å². The summed E-state index contributed by atoms with van der Waals surface area (Å²) in [4.78, 5) is 2.44. The zero-order chi connectivity index (χ0) is 8.97. The fraction of sp³-hybridized carbons (Fsp3) is 1.00. The van der Waals surface area contributed by atoms with Crippen LogP contribution in [0.25, 0.3) is 0 Å². The number of hydrogen-bond donors (Lipinski definition) is 1. The van der Waals surface area contributed by atoms with Gasteiger partial charge >= 0.3 is 0 Å². The molecule has 1 heterocycles. The molecule has 12 heavy (non-hydrogen) atoms. The molecule has 1 N–H and O–H groups in total. The van der Waals surface area contributed by atoms with Crippen LogP contribution in [0.15, 0.2) is 0 Å². The number of nitrogens with zero attached hydrogens (tertiary/aromatic N) is 1. The van der Waals surface area contributed by atoms with Crippen LogP contribution in [-0.2, 0) is 0 Å². The number of aliphatic hydroxyl groups is 1. The van der Waals surface area contributed by atoms with Crippen LogP contribution in [0.3, 0.4) is 0 Å². The average Bonchev–Trinajstić information content (AvgIpc) is 2.09. The van der Waals surface area contributed by atoms with Gasteiger partial charge in [-0.1, -0.05) is 13.3 Å². The molecular weight excluding hydrogens is 150 g/mol. The minimum Gasteiger partial charge on any atom is -0.396 e. The smallest absolute Gasteiger partial charge is 0.0431 e. The Morgan fingerprint density at radius 1 is 1.58 bits per heavy atom. The first-order valence-corrected chi connectivity index (χ1v) is 5.10. The highest BCUT2D eigenvalue weighted by Crippen LogP contribution is 2.28.